The van der Waals surface area contributed by atoms with Gasteiger partial charge in [0.15, 0.2) is 0 Å². The Hall–Kier alpha value is -1.63. The molecule has 6 heteroatoms. The highest BCUT2D eigenvalue weighted by Crippen LogP contribution is 2.30. The number of nitrogens with zero attached hydrogens (tertiary/aromatic N) is 1. The maximum atomic E-state index is 12.8. The summed E-state index contributed by atoms with van der Waals surface area (Å²) < 4.78 is 28.3. The first-order valence-electron chi connectivity index (χ1n) is 9.31. The van der Waals surface area contributed by atoms with Crippen molar-refractivity contribution < 1.29 is 8.42 Å². The fourth-order valence-electron chi connectivity index (χ4n) is 3.15. The van der Waals surface area contributed by atoms with Gasteiger partial charge in [-0.25, -0.2) is 13.1 Å². The second-order valence-electron chi connectivity index (χ2n) is 6.97. The molecule has 2 aromatic rings. The standard InChI is InChI=1S/C20H31N3O2S/c1-4-5-9-16(21)10-8-15-22-26(24,25)20-14-7-11-17-18(20)12-6-13-19(17)23(2)3/h6-7,11-14,16,22H,4-5,8-10,15,21H2,1-3H3. The van der Waals surface area contributed by atoms with E-state index in [1.54, 1.807) is 12.1 Å². The first kappa shape index (κ1) is 20.7. The summed E-state index contributed by atoms with van der Waals surface area (Å²) in [7, 11) is 0.355. The molecule has 0 aliphatic carbocycles. The fraction of sp³-hybridized carbons (Fsp3) is 0.500. The minimum Gasteiger partial charge on any atom is -0.377 e. The van der Waals surface area contributed by atoms with E-state index in [1.807, 2.05) is 43.3 Å². The van der Waals surface area contributed by atoms with Crippen LogP contribution in [0.4, 0.5) is 5.69 Å². The van der Waals surface area contributed by atoms with Gasteiger partial charge in [0.2, 0.25) is 10.0 Å². The van der Waals surface area contributed by atoms with Gasteiger partial charge in [-0.3, -0.25) is 0 Å². The summed E-state index contributed by atoms with van der Waals surface area (Å²) in [6.45, 7) is 2.55. The minimum absolute atomic E-state index is 0.152. The molecule has 0 saturated heterocycles. The largest absolute Gasteiger partial charge is 0.377 e. The predicted molar refractivity (Wildman–Crippen MR) is 110 cm³/mol. The van der Waals surface area contributed by atoms with Crippen LogP contribution >= 0.6 is 0 Å². The van der Waals surface area contributed by atoms with Crippen molar-refractivity contribution in [2.24, 2.45) is 5.73 Å². The molecule has 0 saturated carbocycles. The zero-order chi connectivity index (χ0) is 19.2. The molecule has 0 aliphatic heterocycles. The summed E-state index contributed by atoms with van der Waals surface area (Å²) in [5.41, 5.74) is 7.06. The van der Waals surface area contributed by atoms with Crippen LogP contribution in [0.15, 0.2) is 41.3 Å². The summed E-state index contributed by atoms with van der Waals surface area (Å²) in [5.74, 6) is 0. The molecule has 5 nitrogen and oxygen atoms in total. The van der Waals surface area contributed by atoms with E-state index in [2.05, 4.69) is 11.6 Å². The van der Waals surface area contributed by atoms with Crippen molar-refractivity contribution in [1.82, 2.24) is 4.72 Å². The number of hydrogen-bond donors (Lipinski definition) is 2. The number of fused-ring (bicyclic) bond motifs is 1. The summed E-state index contributed by atoms with van der Waals surface area (Å²) in [6.07, 6.45) is 4.84. The van der Waals surface area contributed by atoms with Gasteiger partial charge in [0.05, 0.1) is 4.90 Å². The zero-order valence-corrected chi connectivity index (χ0v) is 16.8. The Morgan fingerprint density at radius 1 is 1.04 bits per heavy atom. The Balaban J connectivity index is 2.11. The van der Waals surface area contributed by atoms with Gasteiger partial charge >= 0.3 is 0 Å². The second kappa shape index (κ2) is 9.35. The molecule has 0 spiro atoms. The molecular formula is C20H31N3O2S. The van der Waals surface area contributed by atoms with Crippen molar-refractivity contribution >= 4 is 26.5 Å². The van der Waals surface area contributed by atoms with Gasteiger partial charge in [-0.15, -0.1) is 0 Å². The van der Waals surface area contributed by atoms with Crippen LogP contribution in [0.2, 0.25) is 0 Å². The lowest BCUT2D eigenvalue weighted by Crippen LogP contribution is -2.27. The van der Waals surface area contributed by atoms with Gasteiger partial charge in [-0.2, -0.15) is 0 Å². The predicted octanol–water partition coefficient (Wildman–Crippen LogP) is 3.48. The molecular weight excluding hydrogens is 346 g/mol. The Kier molecular flexibility index (Phi) is 7.43. The van der Waals surface area contributed by atoms with Crippen LogP contribution in [0.1, 0.15) is 39.0 Å². The number of anilines is 1. The normalized spacial score (nSPS) is 13.1. The maximum absolute atomic E-state index is 12.8. The van der Waals surface area contributed by atoms with Crippen LogP contribution in [-0.2, 0) is 10.0 Å². The molecule has 0 aliphatic rings. The van der Waals surface area contributed by atoms with E-state index in [0.717, 1.165) is 48.6 Å². The average molecular weight is 378 g/mol. The molecule has 144 valence electrons. The highest BCUT2D eigenvalue weighted by Gasteiger charge is 2.18. The topological polar surface area (TPSA) is 75.4 Å². The van der Waals surface area contributed by atoms with Crippen molar-refractivity contribution in [3.05, 3.63) is 36.4 Å². The molecule has 1 atom stereocenters. The van der Waals surface area contributed by atoms with E-state index in [1.165, 1.54) is 0 Å². The average Bonchev–Trinajstić information content (AvgIpc) is 2.62. The molecule has 0 radical (unpaired) electrons. The fourth-order valence-corrected chi connectivity index (χ4v) is 4.44. The third-order valence-electron chi connectivity index (χ3n) is 4.60. The first-order chi connectivity index (χ1) is 12.4. The van der Waals surface area contributed by atoms with E-state index in [-0.39, 0.29) is 6.04 Å². The van der Waals surface area contributed by atoms with Crippen molar-refractivity contribution in [3.63, 3.8) is 0 Å². The van der Waals surface area contributed by atoms with E-state index in [9.17, 15) is 8.42 Å². The summed E-state index contributed by atoms with van der Waals surface area (Å²) in [5, 5.41) is 1.67. The lowest BCUT2D eigenvalue weighted by atomic mass is 10.1. The number of unbranched alkanes of at least 4 members (excludes halogenated alkanes) is 1. The lowest BCUT2D eigenvalue weighted by molar-refractivity contribution is 0.517. The number of rotatable bonds is 10. The molecule has 26 heavy (non-hydrogen) atoms. The SMILES string of the molecule is CCCCC(N)CCCNS(=O)(=O)c1cccc2c(N(C)C)cccc12. The zero-order valence-electron chi connectivity index (χ0n) is 16.0. The summed E-state index contributed by atoms with van der Waals surface area (Å²) in [4.78, 5) is 2.32. The molecule has 2 rings (SSSR count). The van der Waals surface area contributed by atoms with Gasteiger partial charge < -0.3 is 10.6 Å². The lowest BCUT2D eigenvalue weighted by Gasteiger charge is -2.17. The van der Waals surface area contributed by atoms with E-state index in [0.29, 0.717) is 11.4 Å². The highest BCUT2D eigenvalue weighted by atomic mass is 32.2. The molecule has 2 aromatic carbocycles. The second-order valence-corrected chi connectivity index (χ2v) is 8.70. The summed E-state index contributed by atoms with van der Waals surface area (Å²) in [6, 6.07) is 11.3. The number of benzene rings is 2. The van der Waals surface area contributed by atoms with Crippen LogP contribution in [0.25, 0.3) is 10.8 Å². The first-order valence-corrected chi connectivity index (χ1v) is 10.8. The highest BCUT2D eigenvalue weighted by molar-refractivity contribution is 7.89. The van der Waals surface area contributed by atoms with Gasteiger partial charge in [0.1, 0.15) is 0 Å². The molecule has 0 aromatic heterocycles. The Morgan fingerprint density at radius 2 is 1.69 bits per heavy atom. The van der Waals surface area contributed by atoms with Crippen molar-refractivity contribution in [2.75, 3.05) is 25.5 Å². The third-order valence-corrected chi connectivity index (χ3v) is 6.12. The molecule has 0 amide bonds. The smallest absolute Gasteiger partial charge is 0.241 e. The number of hydrogen-bond acceptors (Lipinski definition) is 4. The van der Waals surface area contributed by atoms with Crippen LogP contribution in [0.5, 0.6) is 0 Å². The third kappa shape index (κ3) is 5.19. The molecule has 3 N–H and O–H groups in total. The molecule has 0 bridgehead atoms. The van der Waals surface area contributed by atoms with E-state index in [4.69, 9.17) is 5.73 Å². The number of sulfonamides is 1. The van der Waals surface area contributed by atoms with Crippen molar-refractivity contribution in [3.8, 4) is 0 Å². The van der Waals surface area contributed by atoms with Crippen molar-refractivity contribution in [1.29, 1.82) is 0 Å². The van der Waals surface area contributed by atoms with Crippen LogP contribution in [0, 0.1) is 0 Å². The summed E-state index contributed by atoms with van der Waals surface area (Å²) >= 11 is 0. The number of nitrogens with one attached hydrogen (secondary N) is 1. The van der Waals surface area contributed by atoms with Crippen LogP contribution in [-0.4, -0.2) is 35.1 Å². The van der Waals surface area contributed by atoms with Crippen LogP contribution in [0.3, 0.4) is 0 Å². The van der Waals surface area contributed by atoms with Crippen LogP contribution < -0.4 is 15.4 Å². The Bertz CT molecular complexity index is 819. The number of nitrogens with two attached hydrogens (primary N) is 1. The van der Waals surface area contributed by atoms with Gasteiger partial charge in [0.25, 0.3) is 0 Å². The van der Waals surface area contributed by atoms with E-state index >= 15 is 0 Å². The van der Waals surface area contributed by atoms with E-state index < -0.39 is 10.0 Å². The molecule has 0 heterocycles. The molecule has 0 fully saturated rings. The van der Waals surface area contributed by atoms with Gasteiger partial charge in [-0.05, 0) is 31.4 Å². The van der Waals surface area contributed by atoms with Gasteiger partial charge in [0, 0.05) is 43.1 Å². The Morgan fingerprint density at radius 3 is 2.38 bits per heavy atom. The van der Waals surface area contributed by atoms with Gasteiger partial charge in [-0.1, -0.05) is 44.0 Å². The maximum Gasteiger partial charge on any atom is 0.241 e. The minimum atomic E-state index is -3.55. The monoisotopic (exact) mass is 377 g/mol. The molecule has 1 unspecified atom stereocenters. The quantitative estimate of drug-likeness (QED) is 0.622. The van der Waals surface area contributed by atoms with Crippen molar-refractivity contribution in [2.45, 2.75) is 50.0 Å². The Labute approximate surface area is 157 Å².